The maximum atomic E-state index is 12.9. The van der Waals surface area contributed by atoms with Crippen molar-refractivity contribution in [3.8, 4) is 5.75 Å². The van der Waals surface area contributed by atoms with E-state index in [0.717, 1.165) is 88.2 Å². The van der Waals surface area contributed by atoms with Crippen molar-refractivity contribution in [3.63, 3.8) is 0 Å². The number of hydrogen-bond donors (Lipinski definition) is 0. The van der Waals surface area contributed by atoms with Gasteiger partial charge in [-0.05, 0) is 93.1 Å². The van der Waals surface area contributed by atoms with Crippen LogP contribution in [0.25, 0.3) is 10.1 Å². The molecule has 1 saturated heterocycles. The van der Waals surface area contributed by atoms with E-state index in [1.165, 1.54) is 73.6 Å². The van der Waals surface area contributed by atoms with Crippen LogP contribution in [0.1, 0.15) is 122 Å². The Morgan fingerprint density at radius 2 is 1.54 bits per heavy atom. The summed E-state index contributed by atoms with van der Waals surface area (Å²) in [6, 6.07) is 14.9. The molecule has 0 atom stereocenters. The zero-order valence-corrected chi connectivity index (χ0v) is 32.7. The molecule has 0 aliphatic carbocycles. The number of hydrogen-bond acceptors (Lipinski definition) is 7. The normalized spacial score (nSPS) is 15.1. The van der Waals surface area contributed by atoms with Crippen molar-refractivity contribution in [1.82, 2.24) is 4.90 Å². The second-order valence-electron chi connectivity index (χ2n) is 14.6. The maximum Gasteiger partial charge on any atom is 0.307 e. The quantitative estimate of drug-likeness (QED) is 0.0520. The average Bonchev–Trinajstić information content (AvgIpc) is 3.66. The largest absolute Gasteiger partial charge is 0.494 e. The molecule has 2 aliphatic heterocycles. The summed E-state index contributed by atoms with van der Waals surface area (Å²) < 4.78 is 13.1. The van der Waals surface area contributed by atoms with Crippen LogP contribution in [0, 0.1) is 0 Å². The van der Waals surface area contributed by atoms with E-state index in [-0.39, 0.29) is 18.6 Å². The van der Waals surface area contributed by atoms with Gasteiger partial charge in [-0.2, -0.15) is 0 Å². The molecule has 1 amide bonds. The summed E-state index contributed by atoms with van der Waals surface area (Å²) in [6.45, 7) is 8.23. The minimum Gasteiger partial charge on any atom is -0.494 e. The topological polar surface area (TPSA) is 62.3 Å². The number of nitrogens with zero attached hydrogens (tertiary/aromatic N) is 3. The van der Waals surface area contributed by atoms with Crippen molar-refractivity contribution in [2.45, 2.75) is 122 Å². The fraction of sp³-hybridized carbons (Fsp3) is 0.591. The second kappa shape index (κ2) is 22.7. The Bertz CT molecular complexity index is 1530. The molecule has 3 heterocycles. The molecule has 1 aromatic heterocycles. The molecule has 2 aliphatic rings. The number of rotatable bonds is 24. The number of unbranched alkanes of at least 4 members (excludes halogenated alkanes) is 12. The summed E-state index contributed by atoms with van der Waals surface area (Å²) in [6.07, 6.45) is 24.2. The molecule has 7 nitrogen and oxygen atoms in total. The number of fused-ring (bicyclic) bond motifs is 2. The Balaban J connectivity index is 0.916. The number of carbonyl (C=O) groups is 2. The smallest absolute Gasteiger partial charge is 0.307 e. The number of anilines is 2. The number of ether oxygens (including phenoxy) is 2. The van der Waals surface area contributed by atoms with Crippen molar-refractivity contribution in [2.75, 3.05) is 55.9 Å². The lowest BCUT2D eigenvalue weighted by Crippen LogP contribution is -2.46. The van der Waals surface area contributed by atoms with Crippen LogP contribution in [0.2, 0.25) is 0 Å². The van der Waals surface area contributed by atoms with Gasteiger partial charge in [-0.15, -0.1) is 11.3 Å². The zero-order valence-electron chi connectivity index (χ0n) is 31.8. The number of benzene rings is 2. The maximum absolute atomic E-state index is 12.9. The first kappa shape index (κ1) is 39.8. The van der Waals surface area contributed by atoms with E-state index < -0.39 is 0 Å². The van der Waals surface area contributed by atoms with E-state index in [2.05, 4.69) is 58.5 Å². The highest BCUT2D eigenvalue weighted by molar-refractivity contribution is 7.17. The molecule has 1 fully saturated rings. The molecule has 8 heteroatoms. The third kappa shape index (κ3) is 12.9. The van der Waals surface area contributed by atoms with Crippen LogP contribution in [-0.2, 0) is 20.7 Å². The summed E-state index contributed by atoms with van der Waals surface area (Å²) in [4.78, 5) is 32.1. The van der Waals surface area contributed by atoms with Gasteiger partial charge in [0.15, 0.2) is 6.73 Å². The third-order valence-electron chi connectivity index (χ3n) is 10.6. The van der Waals surface area contributed by atoms with Crippen molar-refractivity contribution in [1.29, 1.82) is 0 Å². The van der Waals surface area contributed by atoms with Crippen LogP contribution in [0.3, 0.4) is 0 Å². The number of allylic oxidation sites excluding steroid dienone is 2. The van der Waals surface area contributed by atoms with Gasteiger partial charge in [-0.25, -0.2) is 0 Å². The zero-order chi connectivity index (χ0) is 36.2. The van der Waals surface area contributed by atoms with Crippen LogP contribution in [0.4, 0.5) is 11.4 Å². The Hall–Kier alpha value is -3.36. The van der Waals surface area contributed by atoms with E-state index in [4.69, 9.17) is 9.47 Å². The SMILES string of the molecule is CCCCCCCCC=CCCCCCCCC(=O)OCN1C(=O)CCc2ccc(OCCCCN3CCN(c4cccc5sccc45)CC3)cc21. The molecule has 3 aromatic rings. The average molecular weight is 730 g/mol. The highest BCUT2D eigenvalue weighted by atomic mass is 32.1. The van der Waals surface area contributed by atoms with Crippen molar-refractivity contribution >= 4 is 44.7 Å². The first-order chi connectivity index (χ1) is 25.6. The van der Waals surface area contributed by atoms with Gasteiger partial charge < -0.3 is 14.4 Å². The number of esters is 1. The van der Waals surface area contributed by atoms with Gasteiger partial charge in [0.2, 0.25) is 5.91 Å². The van der Waals surface area contributed by atoms with E-state index in [0.29, 0.717) is 25.9 Å². The van der Waals surface area contributed by atoms with Gasteiger partial charge >= 0.3 is 5.97 Å². The molecule has 0 bridgehead atoms. The summed E-state index contributed by atoms with van der Waals surface area (Å²) >= 11 is 1.81. The molecule has 2 aromatic carbocycles. The Kier molecular flexibility index (Phi) is 17.4. The fourth-order valence-corrected chi connectivity index (χ4v) is 8.20. The predicted octanol–water partition coefficient (Wildman–Crippen LogP) is 10.7. The molecular formula is C44H63N3O4S. The number of amides is 1. The van der Waals surface area contributed by atoms with Crippen molar-refractivity contribution < 1.29 is 19.1 Å². The number of aryl methyl sites for hydroxylation is 1. The minimum atomic E-state index is -0.230. The van der Waals surface area contributed by atoms with E-state index in [1.54, 1.807) is 4.90 Å². The number of thiophene rings is 1. The van der Waals surface area contributed by atoms with Gasteiger partial charge in [-0.3, -0.25) is 19.4 Å². The van der Waals surface area contributed by atoms with Gasteiger partial charge in [-0.1, -0.05) is 82.6 Å². The molecule has 52 heavy (non-hydrogen) atoms. The summed E-state index contributed by atoms with van der Waals surface area (Å²) in [7, 11) is 0. The first-order valence-corrected chi connectivity index (χ1v) is 21.3. The fourth-order valence-electron chi connectivity index (χ4n) is 7.39. The summed E-state index contributed by atoms with van der Waals surface area (Å²) in [5.74, 6) is 0.520. The minimum absolute atomic E-state index is 0.00873. The highest BCUT2D eigenvalue weighted by Gasteiger charge is 2.26. The van der Waals surface area contributed by atoms with Crippen LogP contribution >= 0.6 is 11.3 Å². The Morgan fingerprint density at radius 3 is 2.33 bits per heavy atom. The van der Waals surface area contributed by atoms with E-state index in [9.17, 15) is 9.59 Å². The summed E-state index contributed by atoms with van der Waals surface area (Å²) in [5, 5.41) is 3.56. The lowest BCUT2D eigenvalue weighted by Gasteiger charge is -2.36. The van der Waals surface area contributed by atoms with E-state index >= 15 is 0 Å². The third-order valence-corrected chi connectivity index (χ3v) is 11.5. The van der Waals surface area contributed by atoms with Crippen LogP contribution < -0.4 is 14.5 Å². The lowest BCUT2D eigenvalue weighted by atomic mass is 10.0. The van der Waals surface area contributed by atoms with Crippen molar-refractivity contribution in [2.24, 2.45) is 0 Å². The Morgan fingerprint density at radius 1 is 0.788 bits per heavy atom. The monoisotopic (exact) mass is 729 g/mol. The molecular weight excluding hydrogens is 667 g/mol. The molecule has 0 radical (unpaired) electrons. The molecule has 0 spiro atoms. The molecule has 0 saturated carbocycles. The van der Waals surface area contributed by atoms with Crippen LogP contribution in [0.15, 0.2) is 60.0 Å². The summed E-state index contributed by atoms with van der Waals surface area (Å²) in [5.41, 5.74) is 3.26. The molecule has 5 rings (SSSR count). The molecule has 0 unspecified atom stereocenters. The van der Waals surface area contributed by atoms with Crippen LogP contribution in [-0.4, -0.2) is 62.8 Å². The van der Waals surface area contributed by atoms with Gasteiger partial charge in [0.1, 0.15) is 5.75 Å². The second-order valence-corrected chi connectivity index (χ2v) is 15.5. The van der Waals surface area contributed by atoms with Gasteiger partial charge in [0.05, 0.1) is 12.3 Å². The predicted molar refractivity (Wildman–Crippen MR) is 218 cm³/mol. The van der Waals surface area contributed by atoms with E-state index in [1.807, 2.05) is 29.5 Å². The molecule has 284 valence electrons. The molecule has 0 N–H and O–H groups in total. The standard InChI is InChI=1S/C44H63N3O4S/c1-2-3-4-5-6-7-8-9-10-11-12-13-14-15-16-22-44(49)51-36-47-41-35-38(25-23-37(41)24-26-43(47)48)50-33-18-17-28-45-29-31-46(32-30-45)40-20-19-21-42-39(40)27-34-52-42/h9-10,19-21,23,25,27,34-35H,2-8,11-18,22,24,26,28-33,36H2,1H3. The van der Waals surface area contributed by atoms with Gasteiger partial charge in [0.25, 0.3) is 0 Å². The Labute approximate surface area is 317 Å². The van der Waals surface area contributed by atoms with Crippen LogP contribution in [0.5, 0.6) is 5.75 Å². The van der Waals surface area contributed by atoms with Crippen molar-refractivity contribution in [3.05, 3.63) is 65.6 Å². The number of carbonyl (C=O) groups excluding carboxylic acids is 2. The van der Waals surface area contributed by atoms with Gasteiger partial charge in [0, 0.05) is 60.9 Å². The number of piperazine rings is 1. The first-order valence-electron chi connectivity index (χ1n) is 20.4. The highest BCUT2D eigenvalue weighted by Crippen LogP contribution is 2.33. The lowest BCUT2D eigenvalue weighted by molar-refractivity contribution is -0.144.